The molecule has 1 amide bonds. The average Bonchev–Trinajstić information content (AvgIpc) is 3.08. The molecule has 2 aromatic carbocycles. The first-order valence-corrected chi connectivity index (χ1v) is 9.75. The summed E-state index contributed by atoms with van der Waals surface area (Å²) in [6, 6.07) is 10.6. The molecule has 0 bridgehead atoms. The Balaban J connectivity index is 1.89. The van der Waals surface area contributed by atoms with Gasteiger partial charge in [-0.25, -0.2) is 13.8 Å². The Kier molecular flexibility index (Phi) is 4.84. The Hall–Kier alpha value is -2.45. The zero-order chi connectivity index (χ0) is 19.9. The van der Waals surface area contributed by atoms with E-state index < -0.39 is 16.5 Å². The number of benzene rings is 2. The van der Waals surface area contributed by atoms with Crippen molar-refractivity contribution in [1.82, 2.24) is 5.01 Å². The Labute approximate surface area is 165 Å². The highest BCUT2D eigenvalue weighted by Crippen LogP contribution is 2.57. The van der Waals surface area contributed by atoms with E-state index in [0.29, 0.717) is 25.3 Å². The number of hydrogen-bond donors (Lipinski definition) is 1. The fourth-order valence-electron chi connectivity index (χ4n) is 3.77. The van der Waals surface area contributed by atoms with Gasteiger partial charge in [-0.15, -0.1) is 0 Å². The van der Waals surface area contributed by atoms with Gasteiger partial charge in [-0.1, -0.05) is 30.0 Å². The molecule has 8 heteroatoms. The van der Waals surface area contributed by atoms with Gasteiger partial charge in [0, 0.05) is 24.0 Å². The van der Waals surface area contributed by atoms with Crippen LogP contribution in [0.15, 0.2) is 47.6 Å². The van der Waals surface area contributed by atoms with Gasteiger partial charge in [-0.3, -0.25) is 4.79 Å². The maximum absolute atomic E-state index is 14.4. The molecular formula is C20H19F2N3O2S. The van der Waals surface area contributed by atoms with E-state index in [2.05, 4.69) is 5.10 Å². The molecule has 2 heterocycles. The van der Waals surface area contributed by atoms with Crippen molar-refractivity contribution in [3.63, 3.8) is 0 Å². The van der Waals surface area contributed by atoms with E-state index >= 15 is 0 Å². The molecule has 146 valence electrons. The molecule has 2 aliphatic rings. The number of ether oxygens (including phenoxy) is 1. The quantitative estimate of drug-likeness (QED) is 0.853. The van der Waals surface area contributed by atoms with Gasteiger partial charge in [0.05, 0.1) is 6.61 Å². The van der Waals surface area contributed by atoms with Crippen molar-refractivity contribution < 1.29 is 18.3 Å². The summed E-state index contributed by atoms with van der Waals surface area (Å²) in [5.41, 5.74) is 6.63. The average molecular weight is 403 g/mol. The summed E-state index contributed by atoms with van der Waals surface area (Å²) >= 11 is 1.25. The molecule has 5 nitrogen and oxygen atoms in total. The lowest BCUT2D eigenvalue weighted by atomic mass is 9.86. The van der Waals surface area contributed by atoms with Crippen LogP contribution in [0.4, 0.5) is 8.78 Å². The van der Waals surface area contributed by atoms with E-state index in [0.717, 1.165) is 23.8 Å². The Morgan fingerprint density at radius 2 is 2.14 bits per heavy atom. The van der Waals surface area contributed by atoms with Crippen LogP contribution >= 0.6 is 11.8 Å². The number of halogens is 2. The summed E-state index contributed by atoms with van der Waals surface area (Å²) in [5.74, 6) is -0.979. The molecular weight excluding hydrogens is 384 g/mol. The highest BCUT2D eigenvalue weighted by Gasteiger charge is 2.56. The number of thioether (sulfide) groups is 1. The zero-order valence-electron chi connectivity index (χ0n) is 15.2. The van der Waals surface area contributed by atoms with E-state index in [9.17, 15) is 13.6 Å². The van der Waals surface area contributed by atoms with Crippen LogP contribution < -0.4 is 10.5 Å². The van der Waals surface area contributed by atoms with Crippen LogP contribution in [-0.2, 0) is 9.67 Å². The summed E-state index contributed by atoms with van der Waals surface area (Å²) in [6.45, 7) is 2.15. The van der Waals surface area contributed by atoms with Gasteiger partial charge in [0.2, 0.25) is 5.91 Å². The van der Waals surface area contributed by atoms with Crippen molar-refractivity contribution in [2.24, 2.45) is 16.8 Å². The predicted molar refractivity (Wildman–Crippen MR) is 104 cm³/mol. The SMILES string of the molecule is CC(=O)N1N=C(c2cc(F)ccc2F)SC12c1ccccc1OC[C@H]2CCN. The second-order valence-electron chi connectivity index (χ2n) is 6.74. The highest BCUT2D eigenvalue weighted by atomic mass is 32.2. The van der Waals surface area contributed by atoms with Crippen molar-refractivity contribution >= 4 is 22.7 Å². The first-order valence-electron chi connectivity index (χ1n) is 8.93. The van der Waals surface area contributed by atoms with Crippen molar-refractivity contribution in [3.8, 4) is 5.75 Å². The van der Waals surface area contributed by atoms with E-state index in [-0.39, 0.29) is 22.4 Å². The molecule has 0 aliphatic carbocycles. The second kappa shape index (κ2) is 7.18. The number of nitrogens with zero attached hydrogens (tertiary/aromatic N) is 2. The van der Waals surface area contributed by atoms with Gasteiger partial charge in [0.1, 0.15) is 22.4 Å². The number of para-hydroxylation sites is 1. The molecule has 2 aromatic rings. The molecule has 2 N–H and O–H groups in total. The normalized spacial score (nSPS) is 23.4. The maximum atomic E-state index is 14.4. The number of hydrogen-bond acceptors (Lipinski definition) is 5. The smallest absolute Gasteiger partial charge is 0.241 e. The van der Waals surface area contributed by atoms with E-state index in [1.54, 1.807) is 0 Å². The first kappa shape index (κ1) is 18.9. The number of rotatable bonds is 3. The predicted octanol–water partition coefficient (Wildman–Crippen LogP) is 3.43. The topological polar surface area (TPSA) is 67.9 Å². The Morgan fingerprint density at radius 1 is 1.36 bits per heavy atom. The summed E-state index contributed by atoms with van der Waals surface area (Å²) in [7, 11) is 0. The largest absolute Gasteiger partial charge is 0.493 e. The van der Waals surface area contributed by atoms with Gasteiger partial charge in [-0.05, 0) is 37.2 Å². The first-order chi connectivity index (χ1) is 13.5. The summed E-state index contributed by atoms with van der Waals surface area (Å²) < 4.78 is 34.1. The minimum Gasteiger partial charge on any atom is -0.493 e. The van der Waals surface area contributed by atoms with Crippen LogP contribution in [0.1, 0.15) is 24.5 Å². The third kappa shape index (κ3) is 2.87. The maximum Gasteiger partial charge on any atom is 0.241 e. The summed E-state index contributed by atoms with van der Waals surface area (Å²) in [4.78, 5) is 11.7. The fraction of sp³-hybridized carbons (Fsp3) is 0.300. The molecule has 0 fully saturated rings. The highest BCUT2D eigenvalue weighted by molar-refractivity contribution is 8.15. The molecule has 1 unspecified atom stereocenters. The molecule has 0 aromatic heterocycles. The van der Waals surface area contributed by atoms with Gasteiger partial charge < -0.3 is 10.5 Å². The van der Waals surface area contributed by atoms with Gasteiger partial charge in [0.25, 0.3) is 0 Å². The lowest BCUT2D eigenvalue weighted by Crippen LogP contribution is -2.51. The number of carbonyl (C=O) groups is 1. The molecule has 0 saturated heterocycles. The monoisotopic (exact) mass is 403 g/mol. The number of nitrogens with two attached hydrogens (primary N) is 1. The lowest BCUT2D eigenvalue weighted by Gasteiger charge is -2.45. The van der Waals surface area contributed by atoms with Gasteiger partial charge in [-0.2, -0.15) is 5.10 Å². The lowest BCUT2D eigenvalue weighted by molar-refractivity contribution is -0.134. The number of carbonyl (C=O) groups excluding carboxylic acids is 1. The van der Waals surface area contributed by atoms with Crippen LogP contribution in [0.5, 0.6) is 5.75 Å². The van der Waals surface area contributed by atoms with E-state index in [1.807, 2.05) is 24.3 Å². The Morgan fingerprint density at radius 3 is 2.89 bits per heavy atom. The fourth-order valence-corrected chi connectivity index (χ4v) is 5.34. The summed E-state index contributed by atoms with van der Waals surface area (Å²) in [6.07, 6.45) is 0.583. The minimum atomic E-state index is -0.922. The molecule has 0 saturated carbocycles. The standard InChI is InChI=1S/C20H19F2N3O2S/c1-12(26)25-20(28-19(24-25)15-10-14(21)6-7-17(15)22)13(8-9-23)11-27-18-5-3-2-4-16(18)20/h2-7,10,13H,8-9,11,23H2,1H3/t13-,20?/m1/s1. The minimum absolute atomic E-state index is 0.0311. The third-order valence-electron chi connectivity index (χ3n) is 5.00. The molecule has 4 rings (SSSR count). The van der Waals surface area contributed by atoms with Crippen LogP contribution in [0.25, 0.3) is 0 Å². The van der Waals surface area contributed by atoms with Crippen molar-refractivity contribution in [2.75, 3.05) is 13.2 Å². The van der Waals surface area contributed by atoms with Gasteiger partial charge >= 0.3 is 0 Å². The molecule has 2 aliphatic heterocycles. The molecule has 0 radical (unpaired) electrons. The third-order valence-corrected chi connectivity index (χ3v) is 6.53. The number of hydrazone groups is 1. The van der Waals surface area contributed by atoms with E-state index in [1.165, 1.54) is 23.7 Å². The van der Waals surface area contributed by atoms with Crippen molar-refractivity contribution in [1.29, 1.82) is 0 Å². The number of amides is 1. The van der Waals surface area contributed by atoms with Crippen molar-refractivity contribution in [2.45, 2.75) is 18.2 Å². The van der Waals surface area contributed by atoms with Crippen LogP contribution in [0, 0.1) is 17.6 Å². The summed E-state index contributed by atoms with van der Waals surface area (Å²) in [5, 5.41) is 6.06. The van der Waals surface area contributed by atoms with Gasteiger partial charge in [0.15, 0.2) is 4.87 Å². The molecule has 2 atom stereocenters. The zero-order valence-corrected chi connectivity index (χ0v) is 16.0. The number of fused-ring (bicyclic) bond motifs is 2. The molecule has 1 spiro atoms. The second-order valence-corrected chi connectivity index (χ2v) is 7.95. The van der Waals surface area contributed by atoms with Crippen molar-refractivity contribution in [3.05, 3.63) is 65.2 Å². The Bertz CT molecular complexity index is 968. The van der Waals surface area contributed by atoms with Crippen LogP contribution in [-0.4, -0.2) is 29.1 Å². The molecule has 28 heavy (non-hydrogen) atoms. The van der Waals surface area contributed by atoms with Crippen LogP contribution in [0.3, 0.4) is 0 Å². The van der Waals surface area contributed by atoms with E-state index in [4.69, 9.17) is 10.5 Å². The van der Waals surface area contributed by atoms with Crippen LogP contribution in [0.2, 0.25) is 0 Å².